The summed E-state index contributed by atoms with van der Waals surface area (Å²) in [6.45, 7) is 6.86. The number of hydrogen-bond acceptors (Lipinski definition) is 2. The maximum Gasteiger partial charge on any atom is 0.136 e. The molecule has 2 aromatic heterocycles. The van der Waals surface area contributed by atoms with Crippen LogP contribution in [0, 0.1) is 5.92 Å². The molecule has 0 aliphatic carbocycles. The number of imidazole rings is 1. The average Bonchev–Trinajstić information content (AvgIpc) is 2.88. The van der Waals surface area contributed by atoms with Crippen molar-refractivity contribution >= 4 is 21.6 Å². The largest absolute Gasteiger partial charge is 0.302 e. The molecule has 0 amide bonds. The van der Waals surface area contributed by atoms with Gasteiger partial charge in [0, 0.05) is 23.3 Å². The van der Waals surface area contributed by atoms with Crippen molar-refractivity contribution in [1.82, 2.24) is 14.3 Å². The summed E-state index contributed by atoms with van der Waals surface area (Å²) >= 11 is 3.52. The normalized spacial score (nSPS) is 25.1. The molecule has 96 valence electrons. The van der Waals surface area contributed by atoms with E-state index in [4.69, 9.17) is 0 Å². The number of hydrogen-bond donors (Lipinski definition) is 0. The molecule has 0 bridgehead atoms. The number of pyridine rings is 1. The summed E-state index contributed by atoms with van der Waals surface area (Å²) in [5.74, 6) is 0.802. The smallest absolute Gasteiger partial charge is 0.136 e. The van der Waals surface area contributed by atoms with Crippen LogP contribution in [0.2, 0.25) is 0 Å². The molecule has 0 unspecified atom stereocenters. The Morgan fingerprint density at radius 2 is 2.22 bits per heavy atom. The van der Waals surface area contributed by atoms with Crippen molar-refractivity contribution in [2.24, 2.45) is 5.92 Å². The van der Waals surface area contributed by atoms with Crippen LogP contribution in [0.3, 0.4) is 0 Å². The third kappa shape index (κ3) is 2.08. The summed E-state index contributed by atoms with van der Waals surface area (Å²) < 4.78 is 3.27. The molecule has 0 aromatic carbocycles. The van der Waals surface area contributed by atoms with Gasteiger partial charge in [0.25, 0.3) is 0 Å². The average molecular weight is 308 g/mol. The van der Waals surface area contributed by atoms with Gasteiger partial charge in [-0.2, -0.15) is 0 Å². The maximum absolute atomic E-state index is 4.46. The molecule has 18 heavy (non-hydrogen) atoms. The number of nitrogens with zero attached hydrogens (tertiary/aromatic N) is 3. The SMILES string of the molecule is C[C@@H]1CCN(Cc2cnc3ccc(Br)cn23)[C@@H]1C. The fourth-order valence-electron chi connectivity index (χ4n) is 2.73. The van der Waals surface area contributed by atoms with Crippen molar-refractivity contribution in [3.63, 3.8) is 0 Å². The predicted octanol–water partition coefficient (Wildman–Crippen LogP) is 3.33. The van der Waals surface area contributed by atoms with Gasteiger partial charge in [-0.3, -0.25) is 4.90 Å². The molecule has 0 spiro atoms. The number of aromatic nitrogens is 2. The molecule has 0 N–H and O–H groups in total. The van der Waals surface area contributed by atoms with E-state index in [1.807, 2.05) is 18.3 Å². The van der Waals surface area contributed by atoms with Gasteiger partial charge < -0.3 is 4.40 Å². The van der Waals surface area contributed by atoms with Crippen molar-refractivity contribution in [2.75, 3.05) is 6.54 Å². The molecule has 3 rings (SSSR count). The first kappa shape index (κ1) is 12.2. The molecular formula is C14H18BrN3. The van der Waals surface area contributed by atoms with E-state index in [2.05, 4.69) is 50.3 Å². The molecular weight excluding hydrogens is 290 g/mol. The Bertz CT molecular complexity index is 563. The summed E-state index contributed by atoms with van der Waals surface area (Å²) in [5, 5.41) is 0. The fraction of sp³-hybridized carbons (Fsp3) is 0.500. The van der Waals surface area contributed by atoms with Crippen LogP contribution >= 0.6 is 15.9 Å². The molecule has 0 radical (unpaired) electrons. The zero-order valence-corrected chi connectivity index (χ0v) is 12.4. The van der Waals surface area contributed by atoms with Crippen LogP contribution in [-0.4, -0.2) is 26.9 Å². The van der Waals surface area contributed by atoms with Gasteiger partial charge in [-0.25, -0.2) is 4.98 Å². The maximum atomic E-state index is 4.46. The number of halogens is 1. The lowest BCUT2D eigenvalue weighted by atomic mass is 10.1. The van der Waals surface area contributed by atoms with Gasteiger partial charge >= 0.3 is 0 Å². The van der Waals surface area contributed by atoms with Crippen LogP contribution in [0.25, 0.3) is 5.65 Å². The highest BCUT2D eigenvalue weighted by atomic mass is 79.9. The standard InChI is InChI=1S/C14H18BrN3/c1-10-5-6-17(11(10)2)9-13-7-16-14-4-3-12(15)8-18(13)14/h3-4,7-8,10-11H,5-6,9H2,1-2H3/t10-,11-/m1/s1. The van der Waals surface area contributed by atoms with Gasteiger partial charge in [-0.05, 0) is 53.9 Å². The zero-order chi connectivity index (χ0) is 12.7. The Kier molecular flexibility index (Phi) is 3.16. The first-order valence-corrected chi connectivity index (χ1v) is 7.30. The molecule has 3 nitrogen and oxygen atoms in total. The van der Waals surface area contributed by atoms with Crippen molar-refractivity contribution < 1.29 is 0 Å². The minimum atomic E-state index is 0.669. The van der Waals surface area contributed by atoms with Gasteiger partial charge in [0.05, 0.1) is 11.9 Å². The number of likely N-dealkylation sites (tertiary alicyclic amines) is 1. The number of fused-ring (bicyclic) bond motifs is 1. The van der Waals surface area contributed by atoms with Crippen molar-refractivity contribution in [3.8, 4) is 0 Å². The summed E-state index contributed by atoms with van der Waals surface area (Å²) in [6.07, 6.45) is 5.40. The second-order valence-electron chi connectivity index (χ2n) is 5.30. The van der Waals surface area contributed by atoms with Crippen molar-refractivity contribution in [1.29, 1.82) is 0 Å². The van der Waals surface area contributed by atoms with E-state index in [9.17, 15) is 0 Å². The predicted molar refractivity (Wildman–Crippen MR) is 76.5 cm³/mol. The van der Waals surface area contributed by atoms with Gasteiger partial charge in [0.2, 0.25) is 0 Å². The van der Waals surface area contributed by atoms with Crippen LogP contribution < -0.4 is 0 Å². The highest BCUT2D eigenvalue weighted by Gasteiger charge is 2.27. The van der Waals surface area contributed by atoms with E-state index < -0.39 is 0 Å². The second-order valence-corrected chi connectivity index (χ2v) is 6.22. The quantitative estimate of drug-likeness (QED) is 0.848. The van der Waals surface area contributed by atoms with E-state index in [0.29, 0.717) is 6.04 Å². The molecule has 1 fully saturated rings. The van der Waals surface area contributed by atoms with Crippen LogP contribution in [0.5, 0.6) is 0 Å². The molecule has 1 aliphatic rings. The van der Waals surface area contributed by atoms with E-state index in [1.54, 1.807) is 0 Å². The summed E-state index contributed by atoms with van der Waals surface area (Å²) in [5.41, 5.74) is 2.29. The molecule has 3 heterocycles. The summed E-state index contributed by atoms with van der Waals surface area (Å²) in [6, 6.07) is 4.75. The molecule has 1 aliphatic heterocycles. The summed E-state index contributed by atoms with van der Waals surface area (Å²) in [7, 11) is 0. The lowest BCUT2D eigenvalue weighted by molar-refractivity contribution is 0.236. The highest BCUT2D eigenvalue weighted by molar-refractivity contribution is 9.10. The monoisotopic (exact) mass is 307 g/mol. The minimum absolute atomic E-state index is 0.669. The Balaban J connectivity index is 1.89. The minimum Gasteiger partial charge on any atom is -0.302 e. The number of rotatable bonds is 2. The van der Waals surface area contributed by atoms with Crippen LogP contribution in [0.15, 0.2) is 29.0 Å². The van der Waals surface area contributed by atoms with Crippen LogP contribution in [0.1, 0.15) is 26.0 Å². The topological polar surface area (TPSA) is 20.5 Å². The van der Waals surface area contributed by atoms with Gasteiger partial charge in [0.15, 0.2) is 0 Å². The molecule has 2 atom stereocenters. The van der Waals surface area contributed by atoms with Crippen molar-refractivity contribution in [2.45, 2.75) is 32.9 Å². The Labute approximate surface area is 116 Å². The van der Waals surface area contributed by atoms with E-state index in [-0.39, 0.29) is 0 Å². The molecule has 0 saturated carbocycles. The lowest BCUT2D eigenvalue weighted by Crippen LogP contribution is -2.29. The van der Waals surface area contributed by atoms with Gasteiger partial charge in [-0.15, -0.1) is 0 Å². The second kappa shape index (κ2) is 4.67. The lowest BCUT2D eigenvalue weighted by Gasteiger charge is -2.22. The Morgan fingerprint density at radius 1 is 1.39 bits per heavy atom. The molecule has 2 aromatic rings. The van der Waals surface area contributed by atoms with Crippen LogP contribution in [-0.2, 0) is 6.54 Å². The molecule has 1 saturated heterocycles. The van der Waals surface area contributed by atoms with Gasteiger partial charge in [-0.1, -0.05) is 6.92 Å². The fourth-order valence-corrected chi connectivity index (χ4v) is 3.06. The van der Waals surface area contributed by atoms with Gasteiger partial charge in [0.1, 0.15) is 5.65 Å². The first-order chi connectivity index (χ1) is 8.65. The van der Waals surface area contributed by atoms with E-state index in [1.165, 1.54) is 18.7 Å². The van der Waals surface area contributed by atoms with Crippen molar-refractivity contribution in [3.05, 3.63) is 34.7 Å². The van der Waals surface area contributed by atoms with Crippen LogP contribution in [0.4, 0.5) is 0 Å². The van der Waals surface area contributed by atoms with E-state index in [0.717, 1.165) is 22.6 Å². The highest BCUT2D eigenvalue weighted by Crippen LogP contribution is 2.25. The Hall–Kier alpha value is -0.870. The van der Waals surface area contributed by atoms with E-state index >= 15 is 0 Å². The molecule has 4 heteroatoms. The first-order valence-electron chi connectivity index (χ1n) is 6.50. The summed E-state index contributed by atoms with van der Waals surface area (Å²) in [4.78, 5) is 7.01. The zero-order valence-electron chi connectivity index (χ0n) is 10.8. The Morgan fingerprint density at radius 3 is 2.94 bits per heavy atom. The third-order valence-electron chi connectivity index (χ3n) is 4.18. The third-order valence-corrected chi connectivity index (χ3v) is 4.65.